The Morgan fingerprint density at radius 2 is 1.61 bits per heavy atom. The second-order valence-corrected chi connectivity index (χ2v) is 6.60. The lowest BCUT2D eigenvalue weighted by Crippen LogP contribution is -2.32. The molecule has 1 aliphatic rings. The second-order valence-electron chi connectivity index (χ2n) is 6.60. The number of amides is 2. The molecule has 3 rings (SSSR count). The van der Waals surface area contributed by atoms with Gasteiger partial charge in [0.1, 0.15) is 5.70 Å². The number of carbonyl (C=O) groups excluding carboxylic acids is 2. The number of hydrogen-bond donors (Lipinski definition) is 1. The first-order chi connectivity index (χ1) is 13.4. The maximum atomic E-state index is 13.0. The van der Waals surface area contributed by atoms with Crippen molar-refractivity contribution >= 4 is 23.1 Å². The van der Waals surface area contributed by atoms with Crippen molar-refractivity contribution in [1.82, 2.24) is 4.90 Å². The minimum atomic E-state index is -0.337. The number of ether oxygens (including phenoxy) is 2. The van der Waals surface area contributed by atoms with Crippen molar-refractivity contribution in [2.45, 2.75) is 20.8 Å². The molecule has 0 bridgehead atoms. The molecule has 1 heterocycles. The monoisotopic (exact) mass is 380 g/mol. The Labute approximate surface area is 164 Å². The molecule has 0 unspecified atom stereocenters. The van der Waals surface area contributed by atoms with E-state index in [0.717, 1.165) is 16.8 Å². The fourth-order valence-electron chi connectivity index (χ4n) is 3.20. The number of anilines is 1. The van der Waals surface area contributed by atoms with Crippen molar-refractivity contribution in [3.63, 3.8) is 0 Å². The molecular formula is C22H24N2O4. The minimum Gasteiger partial charge on any atom is -0.493 e. The van der Waals surface area contributed by atoms with E-state index in [-0.39, 0.29) is 17.5 Å². The quantitative estimate of drug-likeness (QED) is 0.777. The Hall–Kier alpha value is -3.28. The molecule has 6 nitrogen and oxygen atoms in total. The molecule has 6 heteroatoms. The molecule has 0 saturated carbocycles. The zero-order chi connectivity index (χ0) is 20.4. The molecule has 0 saturated heterocycles. The lowest BCUT2D eigenvalue weighted by Gasteiger charge is -2.12. The molecular weight excluding hydrogens is 356 g/mol. The van der Waals surface area contributed by atoms with Crippen LogP contribution in [0.3, 0.4) is 0 Å². The SMILES string of the molecule is CCN1C(=O)C(Nc2ccc(C)c(C)c2)=C(c2ccc(OC)c(OC)c2)C1=O. The zero-order valence-corrected chi connectivity index (χ0v) is 16.8. The predicted molar refractivity (Wildman–Crippen MR) is 108 cm³/mol. The Bertz CT molecular complexity index is 978. The number of imide groups is 1. The molecule has 28 heavy (non-hydrogen) atoms. The van der Waals surface area contributed by atoms with Crippen LogP contribution in [0.4, 0.5) is 5.69 Å². The van der Waals surface area contributed by atoms with Crippen LogP contribution in [-0.4, -0.2) is 37.5 Å². The second kappa shape index (κ2) is 7.76. The van der Waals surface area contributed by atoms with Crippen LogP contribution >= 0.6 is 0 Å². The van der Waals surface area contributed by atoms with Gasteiger partial charge in [0, 0.05) is 12.2 Å². The fourth-order valence-corrected chi connectivity index (χ4v) is 3.20. The summed E-state index contributed by atoms with van der Waals surface area (Å²) in [6, 6.07) is 11.0. The minimum absolute atomic E-state index is 0.266. The Balaban J connectivity index is 2.12. The van der Waals surface area contributed by atoms with Crippen molar-refractivity contribution in [3.05, 3.63) is 58.8 Å². The van der Waals surface area contributed by atoms with Gasteiger partial charge in [-0.3, -0.25) is 14.5 Å². The summed E-state index contributed by atoms with van der Waals surface area (Å²) in [6.45, 7) is 6.11. The summed E-state index contributed by atoms with van der Waals surface area (Å²) in [5.41, 5.74) is 4.20. The molecule has 0 fully saturated rings. The number of nitrogens with one attached hydrogen (secondary N) is 1. The lowest BCUT2D eigenvalue weighted by atomic mass is 10.0. The first kappa shape index (κ1) is 19.5. The van der Waals surface area contributed by atoms with E-state index in [1.807, 2.05) is 32.0 Å². The number of hydrogen-bond acceptors (Lipinski definition) is 5. The number of nitrogens with zero attached hydrogens (tertiary/aromatic N) is 1. The highest BCUT2D eigenvalue weighted by Crippen LogP contribution is 2.35. The van der Waals surface area contributed by atoms with Crippen molar-refractivity contribution in [1.29, 1.82) is 0 Å². The van der Waals surface area contributed by atoms with Crippen LogP contribution in [-0.2, 0) is 9.59 Å². The maximum absolute atomic E-state index is 13.0. The summed E-state index contributed by atoms with van der Waals surface area (Å²) in [5.74, 6) is 0.384. The molecule has 1 aliphatic heterocycles. The van der Waals surface area contributed by atoms with Crippen LogP contribution in [0.15, 0.2) is 42.1 Å². The molecule has 0 spiro atoms. The van der Waals surface area contributed by atoms with Gasteiger partial charge in [0.05, 0.1) is 19.8 Å². The predicted octanol–water partition coefficient (Wildman–Crippen LogP) is 3.53. The molecule has 2 aromatic rings. The standard InChI is InChI=1S/C22H24N2O4/c1-6-24-21(25)19(15-8-10-17(27-4)18(12-15)28-5)20(22(24)26)23-16-9-7-13(2)14(3)11-16/h7-12,23H,6H2,1-5H3. The van der Waals surface area contributed by atoms with Gasteiger partial charge in [-0.25, -0.2) is 0 Å². The average molecular weight is 380 g/mol. The maximum Gasteiger partial charge on any atom is 0.278 e. The van der Waals surface area contributed by atoms with Crippen molar-refractivity contribution in [2.75, 3.05) is 26.1 Å². The van der Waals surface area contributed by atoms with Gasteiger partial charge in [-0.15, -0.1) is 0 Å². The summed E-state index contributed by atoms with van der Waals surface area (Å²) in [7, 11) is 3.08. The van der Waals surface area contributed by atoms with Gasteiger partial charge in [-0.2, -0.15) is 0 Å². The van der Waals surface area contributed by atoms with E-state index in [0.29, 0.717) is 29.2 Å². The summed E-state index contributed by atoms with van der Waals surface area (Å²) in [5, 5.41) is 3.16. The van der Waals surface area contributed by atoms with E-state index in [4.69, 9.17) is 9.47 Å². The van der Waals surface area contributed by atoms with E-state index in [9.17, 15) is 9.59 Å². The highest BCUT2D eigenvalue weighted by Gasteiger charge is 2.38. The third-order valence-electron chi connectivity index (χ3n) is 4.93. The summed E-state index contributed by atoms with van der Waals surface area (Å²) < 4.78 is 10.6. The van der Waals surface area contributed by atoms with Gasteiger partial charge in [-0.05, 0) is 61.7 Å². The number of methoxy groups -OCH3 is 2. The molecule has 0 aliphatic carbocycles. The van der Waals surface area contributed by atoms with Crippen molar-refractivity contribution in [2.24, 2.45) is 0 Å². The first-order valence-corrected chi connectivity index (χ1v) is 9.08. The van der Waals surface area contributed by atoms with Gasteiger partial charge < -0.3 is 14.8 Å². The molecule has 1 N–H and O–H groups in total. The van der Waals surface area contributed by atoms with Crippen LogP contribution in [0.25, 0.3) is 5.57 Å². The van der Waals surface area contributed by atoms with E-state index in [2.05, 4.69) is 5.32 Å². The number of benzene rings is 2. The third-order valence-corrected chi connectivity index (χ3v) is 4.93. The van der Waals surface area contributed by atoms with Crippen LogP contribution in [0.2, 0.25) is 0 Å². The summed E-state index contributed by atoms with van der Waals surface area (Å²) >= 11 is 0. The fraction of sp³-hybridized carbons (Fsp3) is 0.273. The van der Waals surface area contributed by atoms with Crippen molar-refractivity contribution < 1.29 is 19.1 Å². The first-order valence-electron chi connectivity index (χ1n) is 9.08. The zero-order valence-electron chi connectivity index (χ0n) is 16.8. The number of likely N-dealkylation sites (N-methyl/N-ethyl adjacent to an activating group) is 1. The Kier molecular flexibility index (Phi) is 5.40. The number of carbonyl (C=O) groups is 2. The van der Waals surface area contributed by atoms with Gasteiger partial charge in [-0.1, -0.05) is 12.1 Å². The summed E-state index contributed by atoms with van der Waals surface area (Å²) in [6.07, 6.45) is 0. The highest BCUT2D eigenvalue weighted by molar-refractivity contribution is 6.36. The largest absolute Gasteiger partial charge is 0.493 e. The van der Waals surface area contributed by atoms with Crippen LogP contribution in [0.1, 0.15) is 23.6 Å². The third kappa shape index (κ3) is 3.33. The topological polar surface area (TPSA) is 67.9 Å². The smallest absolute Gasteiger partial charge is 0.278 e. The van der Waals surface area contributed by atoms with E-state index in [1.54, 1.807) is 32.2 Å². The Morgan fingerprint density at radius 1 is 0.893 bits per heavy atom. The molecule has 146 valence electrons. The van der Waals surface area contributed by atoms with Crippen LogP contribution < -0.4 is 14.8 Å². The van der Waals surface area contributed by atoms with E-state index >= 15 is 0 Å². The van der Waals surface area contributed by atoms with E-state index in [1.165, 1.54) is 12.0 Å². The van der Waals surface area contributed by atoms with Crippen molar-refractivity contribution in [3.8, 4) is 11.5 Å². The Morgan fingerprint density at radius 3 is 2.21 bits per heavy atom. The molecule has 2 aromatic carbocycles. The number of aryl methyl sites for hydroxylation is 2. The lowest BCUT2D eigenvalue weighted by molar-refractivity contribution is -0.136. The van der Waals surface area contributed by atoms with Crippen LogP contribution in [0.5, 0.6) is 11.5 Å². The normalized spacial score (nSPS) is 14.0. The van der Waals surface area contributed by atoms with Gasteiger partial charge >= 0.3 is 0 Å². The molecule has 2 amide bonds. The molecule has 0 radical (unpaired) electrons. The summed E-state index contributed by atoms with van der Waals surface area (Å²) in [4.78, 5) is 27.1. The van der Waals surface area contributed by atoms with Gasteiger partial charge in [0.25, 0.3) is 11.8 Å². The van der Waals surface area contributed by atoms with E-state index < -0.39 is 0 Å². The molecule has 0 aromatic heterocycles. The average Bonchev–Trinajstić information content (AvgIpc) is 2.93. The van der Waals surface area contributed by atoms with Gasteiger partial charge in [0.2, 0.25) is 0 Å². The van der Waals surface area contributed by atoms with Crippen LogP contribution in [0, 0.1) is 13.8 Å². The number of rotatable bonds is 6. The molecule has 0 atom stereocenters. The highest BCUT2D eigenvalue weighted by atomic mass is 16.5. The van der Waals surface area contributed by atoms with Gasteiger partial charge in [0.15, 0.2) is 11.5 Å².